The third-order valence-corrected chi connectivity index (χ3v) is 8.30. The molecule has 3 heterocycles. The number of rotatable bonds is 10. The predicted molar refractivity (Wildman–Crippen MR) is 172 cm³/mol. The number of aromatic nitrogens is 3. The van der Waals surface area contributed by atoms with Crippen LogP contribution in [0.25, 0.3) is 11.0 Å². The number of imidazole rings is 1. The van der Waals surface area contributed by atoms with E-state index in [1.165, 1.54) is 13.3 Å². The second kappa shape index (κ2) is 14.0. The van der Waals surface area contributed by atoms with Gasteiger partial charge in [-0.05, 0) is 42.2 Å². The fraction of sp³-hybridized carbons (Fsp3) is 0.257. The van der Waals surface area contributed by atoms with Gasteiger partial charge in [0.1, 0.15) is 11.6 Å². The number of nitrogens with zero attached hydrogens (tertiary/aromatic N) is 2. The van der Waals surface area contributed by atoms with Crippen LogP contribution in [0.4, 0.5) is 10.1 Å². The summed E-state index contributed by atoms with van der Waals surface area (Å²) in [6.45, 7) is 0.871. The number of carbonyl (C=O) groups excluding carboxylic acids is 2. The highest BCUT2D eigenvalue weighted by Gasteiger charge is 2.29. The Bertz CT molecular complexity index is 1770. The lowest BCUT2D eigenvalue weighted by molar-refractivity contribution is -0.117. The lowest BCUT2D eigenvalue weighted by Crippen LogP contribution is -2.42. The molecule has 3 atom stereocenters. The first kappa shape index (κ1) is 31.0. The smallest absolute Gasteiger partial charge is 0.337 e. The van der Waals surface area contributed by atoms with Gasteiger partial charge in [-0.15, -0.1) is 0 Å². The topological polar surface area (TPSA) is 144 Å². The van der Waals surface area contributed by atoms with Crippen molar-refractivity contribution in [1.82, 2.24) is 20.3 Å². The summed E-state index contributed by atoms with van der Waals surface area (Å²) in [5.41, 5.74) is 10.9. The molecule has 0 unspecified atom stereocenters. The van der Waals surface area contributed by atoms with Gasteiger partial charge in [0.05, 0.1) is 66.6 Å². The molecule has 5 N–H and O–H groups in total. The lowest BCUT2D eigenvalue weighted by Gasteiger charge is -2.29. The van der Waals surface area contributed by atoms with Gasteiger partial charge < -0.3 is 30.8 Å². The van der Waals surface area contributed by atoms with Crippen molar-refractivity contribution in [1.29, 1.82) is 0 Å². The number of nitrogens with one attached hydrogen (secondary N) is 3. The summed E-state index contributed by atoms with van der Waals surface area (Å²) in [6.07, 6.45) is 3.23. The van der Waals surface area contributed by atoms with Crippen molar-refractivity contribution in [3.8, 4) is 0 Å². The van der Waals surface area contributed by atoms with E-state index in [4.69, 9.17) is 15.2 Å². The fourth-order valence-corrected chi connectivity index (χ4v) is 5.85. The van der Waals surface area contributed by atoms with Crippen molar-refractivity contribution in [3.05, 3.63) is 125 Å². The summed E-state index contributed by atoms with van der Waals surface area (Å²) in [5, 5.41) is 6.30. The second-order valence-corrected chi connectivity index (χ2v) is 11.3. The number of morpholine rings is 1. The summed E-state index contributed by atoms with van der Waals surface area (Å²) in [6, 6.07) is 23.3. The van der Waals surface area contributed by atoms with E-state index in [1.54, 1.807) is 18.2 Å². The van der Waals surface area contributed by atoms with E-state index in [2.05, 4.69) is 25.6 Å². The highest BCUT2D eigenvalue weighted by molar-refractivity contribution is 5.96. The molecular weight excluding hydrogens is 587 g/mol. The Kier molecular flexibility index (Phi) is 9.43. The molecule has 10 nitrogen and oxygen atoms in total. The number of H-pyrrole nitrogens is 1. The predicted octanol–water partition coefficient (Wildman–Crippen LogP) is 4.64. The normalized spacial score (nSPS) is 17.1. The Morgan fingerprint density at radius 2 is 1.78 bits per heavy atom. The van der Waals surface area contributed by atoms with Crippen LogP contribution in [-0.4, -0.2) is 59.2 Å². The van der Waals surface area contributed by atoms with Gasteiger partial charge in [-0.1, -0.05) is 60.7 Å². The standard InChI is InChI=1S/C35H35FN6O4/c1-45-35(44)23-12-15-27-28(16-23)41-33(40-27)30-20-46-24(17-39-30)13-14-25-26(36)18-38-19-29(25)42-34(43)32(37)31(21-8-4-2-5-9-21)22-10-6-3-7-11-22/h2-12,15-16,18-19,24,30-32,39H,13-14,17,20,37H2,1H3,(H,40,41)(H,42,43)/t24-,30+,32+/m1/s1. The number of amides is 1. The molecule has 5 aromatic rings. The van der Waals surface area contributed by atoms with Crippen molar-refractivity contribution < 1.29 is 23.5 Å². The SMILES string of the molecule is COC(=O)c1ccc2nc([C@@H]3CO[C@H](CCc4c(F)cncc4NC(=O)[C@@H](N)C(c4ccccc4)c4ccccc4)CN3)[nH]c2c1. The minimum absolute atomic E-state index is 0.179. The number of aromatic amines is 1. The lowest BCUT2D eigenvalue weighted by atomic mass is 9.85. The van der Waals surface area contributed by atoms with Crippen molar-refractivity contribution in [2.45, 2.75) is 36.9 Å². The van der Waals surface area contributed by atoms with Crippen LogP contribution in [0.1, 0.15) is 51.3 Å². The third kappa shape index (κ3) is 6.81. The molecule has 1 aliphatic heterocycles. The molecule has 2 aromatic heterocycles. The Labute approximate surface area is 265 Å². The minimum Gasteiger partial charge on any atom is -0.465 e. The van der Waals surface area contributed by atoms with Crippen LogP contribution in [0, 0.1) is 5.82 Å². The van der Waals surface area contributed by atoms with E-state index in [-0.39, 0.29) is 17.8 Å². The number of nitrogens with two attached hydrogens (primary N) is 1. The number of pyridine rings is 1. The zero-order chi connectivity index (χ0) is 32.0. The number of hydrogen-bond donors (Lipinski definition) is 4. The molecule has 236 valence electrons. The van der Waals surface area contributed by atoms with Gasteiger partial charge in [-0.25, -0.2) is 14.2 Å². The van der Waals surface area contributed by atoms with Crippen LogP contribution in [0.2, 0.25) is 0 Å². The van der Waals surface area contributed by atoms with Crippen LogP contribution in [-0.2, 0) is 20.7 Å². The molecule has 0 bridgehead atoms. The van der Waals surface area contributed by atoms with E-state index >= 15 is 4.39 Å². The van der Waals surface area contributed by atoms with E-state index in [1.807, 2.05) is 60.7 Å². The Hall–Kier alpha value is -4.97. The number of carbonyl (C=O) groups is 2. The Morgan fingerprint density at radius 1 is 1.07 bits per heavy atom. The Morgan fingerprint density at radius 3 is 2.43 bits per heavy atom. The number of halogens is 1. The van der Waals surface area contributed by atoms with Crippen molar-refractivity contribution in [3.63, 3.8) is 0 Å². The van der Waals surface area contributed by atoms with E-state index in [9.17, 15) is 9.59 Å². The van der Waals surface area contributed by atoms with Crippen LogP contribution < -0.4 is 16.4 Å². The molecule has 0 saturated carbocycles. The maximum atomic E-state index is 15.1. The average molecular weight is 623 g/mol. The zero-order valence-corrected chi connectivity index (χ0v) is 25.3. The van der Waals surface area contributed by atoms with E-state index in [0.717, 1.165) is 28.4 Å². The first-order chi connectivity index (χ1) is 22.4. The van der Waals surface area contributed by atoms with Gasteiger partial charge in [-0.2, -0.15) is 0 Å². The van der Waals surface area contributed by atoms with Gasteiger partial charge in [0.25, 0.3) is 0 Å². The van der Waals surface area contributed by atoms with E-state index in [0.29, 0.717) is 42.9 Å². The molecule has 0 aliphatic carbocycles. The maximum Gasteiger partial charge on any atom is 0.337 e. The molecule has 0 radical (unpaired) electrons. The molecule has 46 heavy (non-hydrogen) atoms. The minimum atomic E-state index is -0.936. The van der Waals surface area contributed by atoms with Crippen LogP contribution in [0.5, 0.6) is 0 Å². The number of hydrogen-bond acceptors (Lipinski definition) is 8. The highest BCUT2D eigenvalue weighted by atomic mass is 19.1. The fourth-order valence-electron chi connectivity index (χ4n) is 5.85. The zero-order valence-electron chi connectivity index (χ0n) is 25.3. The largest absolute Gasteiger partial charge is 0.465 e. The number of methoxy groups -OCH3 is 1. The van der Waals surface area contributed by atoms with Gasteiger partial charge >= 0.3 is 5.97 Å². The molecule has 3 aromatic carbocycles. The quantitative estimate of drug-likeness (QED) is 0.165. The van der Waals surface area contributed by atoms with Gasteiger partial charge in [0.15, 0.2) is 0 Å². The van der Waals surface area contributed by atoms with Crippen molar-refractivity contribution >= 4 is 28.6 Å². The average Bonchev–Trinajstić information content (AvgIpc) is 3.52. The van der Waals surface area contributed by atoms with Gasteiger partial charge in [0.2, 0.25) is 5.91 Å². The van der Waals surface area contributed by atoms with E-state index < -0.39 is 29.7 Å². The van der Waals surface area contributed by atoms with Crippen molar-refractivity contribution in [2.75, 3.05) is 25.6 Å². The molecule has 1 aliphatic rings. The molecule has 11 heteroatoms. The maximum absolute atomic E-state index is 15.1. The Balaban J connectivity index is 1.09. The summed E-state index contributed by atoms with van der Waals surface area (Å²) >= 11 is 0. The monoisotopic (exact) mass is 622 g/mol. The first-order valence-electron chi connectivity index (χ1n) is 15.1. The summed E-state index contributed by atoms with van der Waals surface area (Å²) in [7, 11) is 1.34. The van der Waals surface area contributed by atoms with Crippen LogP contribution in [0.15, 0.2) is 91.3 Å². The van der Waals surface area contributed by atoms with Gasteiger partial charge in [-0.3, -0.25) is 9.78 Å². The van der Waals surface area contributed by atoms with Crippen LogP contribution >= 0.6 is 0 Å². The number of ether oxygens (including phenoxy) is 2. The summed E-state index contributed by atoms with van der Waals surface area (Å²) < 4.78 is 26.0. The molecule has 1 saturated heterocycles. The first-order valence-corrected chi connectivity index (χ1v) is 15.1. The molecule has 6 rings (SSSR count). The number of esters is 1. The second-order valence-electron chi connectivity index (χ2n) is 11.3. The van der Waals surface area contributed by atoms with Gasteiger partial charge in [0, 0.05) is 18.0 Å². The summed E-state index contributed by atoms with van der Waals surface area (Å²) in [5.74, 6) is -1.07. The molecule has 1 amide bonds. The molecule has 1 fully saturated rings. The van der Waals surface area contributed by atoms with Crippen LogP contribution in [0.3, 0.4) is 0 Å². The molecule has 0 spiro atoms. The summed E-state index contributed by atoms with van der Waals surface area (Å²) in [4.78, 5) is 37.3. The third-order valence-electron chi connectivity index (χ3n) is 8.30. The molecular formula is C35H35FN6O4. The number of fused-ring (bicyclic) bond motifs is 1. The number of benzene rings is 3. The van der Waals surface area contributed by atoms with Crippen molar-refractivity contribution in [2.24, 2.45) is 5.73 Å². The highest BCUT2D eigenvalue weighted by Crippen LogP contribution is 2.29. The number of anilines is 1.